The molecule has 1 N–H and O–H groups in total. The van der Waals surface area contributed by atoms with Crippen molar-refractivity contribution in [2.45, 2.75) is 25.4 Å². The van der Waals surface area contributed by atoms with E-state index in [0.717, 1.165) is 17.4 Å². The fourth-order valence-electron chi connectivity index (χ4n) is 2.75. The van der Waals surface area contributed by atoms with Crippen LogP contribution in [0.25, 0.3) is 0 Å². The largest absolute Gasteiger partial charge is 0.388 e. The molecule has 2 fully saturated rings. The van der Waals surface area contributed by atoms with Gasteiger partial charge in [-0.15, -0.1) is 0 Å². The van der Waals surface area contributed by atoms with Crippen molar-refractivity contribution in [3.05, 3.63) is 24.3 Å². The maximum atomic E-state index is 10.1. The molecule has 2 aliphatic rings. The lowest BCUT2D eigenvalue weighted by atomic mass is 9.93. The molecular formula is C11H14N2O. The summed E-state index contributed by atoms with van der Waals surface area (Å²) in [5, 5.41) is 10.1. The summed E-state index contributed by atoms with van der Waals surface area (Å²) in [5.41, 5.74) is 0.874. The van der Waals surface area contributed by atoms with Crippen LogP contribution in [-0.4, -0.2) is 15.1 Å². The molecule has 0 aromatic carbocycles. The number of hydrogen-bond acceptors (Lipinski definition) is 3. The molecule has 2 aliphatic carbocycles. The number of rotatable bonds is 2. The Kier molecular flexibility index (Phi) is 1.80. The third-order valence-electron chi connectivity index (χ3n) is 3.65. The van der Waals surface area contributed by atoms with Crippen molar-refractivity contribution in [2.75, 3.05) is 0 Å². The van der Waals surface area contributed by atoms with E-state index in [0.29, 0.717) is 5.92 Å². The van der Waals surface area contributed by atoms with E-state index in [9.17, 15) is 5.11 Å². The van der Waals surface area contributed by atoms with Crippen LogP contribution in [0, 0.1) is 17.8 Å². The molecule has 1 aromatic rings. The van der Waals surface area contributed by atoms with Crippen LogP contribution in [0.4, 0.5) is 0 Å². The fourth-order valence-corrected chi connectivity index (χ4v) is 2.75. The maximum absolute atomic E-state index is 10.1. The Balaban J connectivity index is 1.73. The van der Waals surface area contributed by atoms with E-state index in [4.69, 9.17) is 0 Å². The molecule has 0 radical (unpaired) electrons. The molecule has 3 atom stereocenters. The van der Waals surface area contributed by atoms with Gasteiger partial charge in [0.25, 0.3) is 0 Å². The minimum absolute atomic E-state index is 0.344. The Morgan fingerprint density at radius 3 is 2.43 bits per heavy atom. The Labute approximate surface area is 83.2 Å². The van der Waals surface area contributed by atoms with Crippen molar-refractivity contribution in [3.8, 4) is 0 Å². The summed E-state index contributed by atoms with van der Waals surface area (Å²) in [5.74, 6) is 2.28. The Morgan fingerprint density at radius 2 is 1.79 bits per heavy atom. The second-order valence-electron chi connectivity index (χ2n) is 4.60. The van der Waals surface area contributed by atoms with Crippen molar-refractivity contribution in [1.82, 2.24) is 9.97 Å². The third kappa shape index (κ3) is 1.32. The van der Waals surface area contributed by atoms with Crippen molar-refractivity contribution >= 4 is 0 Å². The summed E-state index contributed by atoms with van der Waals surface area (Å²) >= 11 is 0. The molecule has 3 nitrogen and oxygen atoms in total. The number of aliphatic hydroxyl groups is 1. The van der Waals surface area contributed by atoms with Crippen LogP contribution in [0.2, 0.25) is 0 Å². The number of fused-ring (bicyclic) bond motifs is 1. The molecule has 3 rings (SSSR count). The summed E-state index contributed by atoms with van der Waals surface area (Å²) in [6.07, 6.45) is 8.39. The number of aromatic nitrogens is 2. The first-order valence-corrected chi connectivity index (χ1v) is 5.27. The van der Waals surface area contributed by atoms with Gasteiger partial charge in [-0.2, -0.15) is 0 Å². The van der Waals surface area contributed by atoms with E-state index in [2.05, 4.69) is 9.97 Å². The van der Waals surface area contributed by atoms with E-state index < -0.39 is 0 Å². The summed E-state index contributed by atoms with van der Waals surface area (Å²) in [4.78, 5) is 7.87. The van der Waals surface area contributed by atoms with Gasteiger partial charge >= 0.3 is 0 Å². The van der Waals surface area contributed by atoms with E-state index in [1.54, 1.807) is 12.4 Å². The molecule has 2 saturated carbocycles. The zero-order chi connectivity index (χ0) is 9.54. The lowest BCUT2D eigenvalue weighted by molar-refractivity contribution is 0.104. The predicted molar refractivity (Wildman–Crippen MR) is 51.3 cm³/mol. The molecule has 74 valence electrons. The third-order valence-corrected chi connectivity index (χ3v) is 3.65. The highest BCUT2D eigenvalue weighted by molar-refractivity contribution is 5.11. The van der Waals surface area contributed by atoms with Crippen molar-refractivity contribution in [3.63, 3.8) is 0 Å². The lowest BCUT2D eigenvalue weighted by Crippen LogP contribution is -2.11. The van der Waals surface area contributed by atoms with Gasteiger partial charge in [0.1, 0.15) is 6.33 Å². The average Bonchev–Trinajstić information content (AvgIpc) is 2.86. The monoisotopic (exact) mass is 190 g/mol. The smallest absolute Gasteiger partial charge is 0.115 e. The van der Waals surface area contributed by atoms with E-state index in [-0.39, 0.29) is 6.10 Å². The molecule has 3 heteroatoms. The summed E-state index contributed by atoms with van der Waals surface area (Å²) in [7, 11) is 0. The number of hydrogen-bond donors (Lipinski definition) is 1. The first-order valence-electron chi connectivity index (χ1n) is 5.27. The van der Waals surface area contributed by atoms with Crippen LogP contribution >= 0.6 is 0 Å². The molecule has 3 unspecified atom stereocenters. The highest BCUT2D eigenvalue weighted by Gasteiger charge is 2.47. The molecular weight excluding hydrogens is 176 g/mol. The van der Waals surface area contributed by atoms with Gasteiger partial charge in [0.2, 0.25) is 0 Å². The van der Waals surface area contributed by atoms with Gasteiger partial charge in [-0.1, -0.05) is 0 Å². The summed E-state index contributed by atoms with van der Waals surface area (Å²) in [6.45, 7) is 0. The van der Waals surface area contributed by atoms with Crippen molar-refractivity contribution < 1.29 is 5.11 Å². The van der Waals surface area contributed by atoms with Gasteiger partial charge in [0.05, 0.1) is 6.10 Å². The van der Waals surface area contributed by atoms with Crippen LogP contribution in [-0.2, 0) is 0 Å². The minimum atomic E-state index is -0.344. The normalized spacial score (nSPS) is 36.5. The second kappa shape index (κ2) is 3.02. The van der Waals surface area contributed by atoms with Gasteiger partial charge in [-0.25, -0.2) is 9.97 Å². The fraction of sp³-hybridized carbons (Fsp3) is 0.636. The van der Waals surface area contributed by atoms with Crippen LogP contribution in [0.15, 0.2) is 18.7 Å². The van der Waals surface area contributed by atoms with Crippen LogP contribution in [0.5, 0.6) is 0 Å². The van der Waals surface area contributed by atoms with E-state index in [1.807, 2.05) is 0 Å². The van der Waals surface area contributed by atoms with Crippen molar-refractivity contribution in [2.24, 2.45) is 17.8 Å². The molecule has 0 amide bonds. The zero-order valence-corrected chi connectivity index (χ0v) is 8.00. The highest BCUT2D eigenvalue weighted by Crippen LogP contribution is 2.56. The molecule has 1 heterocycles. The van der Waals surface area contributed by atoms with Gasteiger partial charge in [-0.05, 0) is 37.0 Å². The molecule has 0 spiro atoms. The Bertz CT molecular complexity index is 317. The Hall–Kier alpha value is -0.960. The Morgan fingerprint density at radius 1 is 1.14 bits per heavy atom. The standard InChI is InChI=1S/C11H14N2O/c14-11(10-4-12-6-13-5-10)9-2-7-1-8(7)3-9/h4-9,11,14H,1-3H2. The number of nitrogens with zero attached hydrogens (tertiary/aromatic N) is 2. The van der Waals surface area contributed by atoms with E-state index in [1.165, 1.54) is 25.6 Å². The molecule has 1 aromatic heterocycles. The summed E-state index contributed by atoms with van der Waals surface area (Å²) in [6, 6.07) is 0. The predicted octanol–water partition coefficient (Wildman–Crippen LogP) is 1.56. The van der Waals surface area contributed by atoms with Crippen LogP contribution in [0.3, 0.4) is 0 Å². The summed E-state index contributed by atoms with van der Waals surface area (Å²) < 4.78 is 0. The van der Waals surface area contributed by atoms with Crippen LogP contribution < -0.4 is 0 Å². The van der Waals surface area contributed by atoms with Gasteiger partial charge in [0.15, 0.2) is 0 Å². The second-order valence-corrected chi connectivity index (χ2v) is 4.60. The molecule has 14 heavy (non-hydrogen) atoms. The van der Waals surface area contributed by atoms with Gasteiger partial charge < -0.3 is 5.11 Å². The lowest BCUT2D eigenvalue weighted by Gasteiger charge is -2.18. The van der Waals surface area contributed by atoms with Crippen molar-refractivity contribution in [1.29, 1.82) is 0 Å². The first-order chi connectivity index (χ1) is 6.84. The topological polar surface area (TPSA) is 46.0 Å². The zero-order valence-electron chi connectivity index (χ0n) is 8.00. The molecule has 0 bridgehead atoms. The molecule has 0 aliphatic heterocycles. The minimum Gasteiger partial charge on any atom is -0.388 e. The van der Waals surface area contributed by atoms with Gasteiger partial charge in [0, 0.05) is 18.0 Å². The molecule has 0 saturated heterocycles. The average molecular weight is 190 g/mol. The number of aliphatic hydroxyl groups excluding tert-OH is 1. The quantitative estimate of drug-likeness (QED) is 0.769. The SMILES string of the molecule is OC(c1cncnc1)C1CC2CC2C1. The maximum Gasteiger partial charge on any atom is 0.115 e. The van der Waals surface area contributed by atoms with E-state index >= 15 is 0 Å². The van der Waals surface area contributed by atoms with Crippen LogP contribution in [0.1, 0.15) is 30.9 Å². The first kappa shape index (κ1) is 8.36. The van der Waals surface area contributed by atoms with Gasteiger partial charge in [-0.3, -0.25) is 0 Å². The highest BCUT2D eigenvalue weighted by atomic mass is 16.3.